The summed E-state index contributed by atoms with van der Waals surface area (Å²) in [6.07, 6.45) is 10.8. The Labute approximate surface area is 128 Å². The SMILES string of the molecule is O=C[C@@H](BCc1ccccc1)C12CC3CC(CC(C3)C1)C2. The third-order valence-electron chi connectivity index (χ3n) is 6.62. The van der Waals surface area contributed by atoms with Gasteiger partial charge in [-0.1, -0.05) is 42.2 Å². The molecule has 0 unspecified atom stereocenters. The van der Waals surface area contributed by atoms with Crippen molar-refractivity contribution in [1.82, 2.24) is 0 Å². The number of rotatable bonds is 5. The van der Waals surface area contributed by atoms with Crippen molar-refractivity contribution in [3.63, 3.8) is 0 Å². The van der Waals surface area contributed by atoms with Crippen LogP contribution in [0, 0.1) is 23.2 Å². The molecule has 110 valence electrons. The maximum Gasteiger partial charge on any atom is 0.138 e. The maximum atomic E-state index is 11.8. The highest BCUT2D eigenvalue weighted by atomic mass is 16.1. The van der Waals surface area contributed by atoms with Crippen molar-refractivity contribution in [1.29, 1.82) is 0 Å². The normalized spacial score (nSPS) is 38.2. The van der Waals surface area contributed by atoms with Crippen LogP contribution in [0.1, 0.15) is 44.1 Å². The van der Waals surface area contributed by atoms with Gasteiger partial charge < -0.3 is 4.79 Å². The Hall–Kier alpha value is -1.05. The van der Waals surface area contributed by atoms with Crippen LogP contribution in [0.25, 0.3) is 0 Å². The molecule has 0 aliphatic heterocycles. The summed E-state index contributed by atoms with van der Waals surface area (Å²) in [5, 5.41) is 0. The number of carbonyl (C=O) groups excluding carboxylic acids is 1. The standard InChI is InChI=1S/C19H25BO/c21-13-18(20-12-14-4-2-1-3-5-14)19-9-15-6-16(10-19)8-17(7-15)11-19/h1-5,13,15-18,20H,6-12H2/t15?,16?,17?,18-,19?/m1/s1. The molecule has 1 nitrogen and oxygen atoms in total. The molecule has 0 saturated heterocycles. The molecule has 0 amide bonds. The number of hydrogen-bond acceptors (Lipinski definition) is 1. The van der Waals surface area contributed by atoms with Crippen molar-refractivity contribution < 1.29 is 4.79 Å². The number of benzene rings is 1. The predicted molar refractivity (Wildman–Crippen MR) is 87.7 cm³/mol. The second-order valence-electron chi connectivity index (χ2n) is 8.05. The second-order valence-corrected chi connectivity index (χ2v) is 8.05. The number of carbonyl (C=O) groups is 1. The lowest BCUT2D eigenvalue weighted by atomic mass is 9.39. The number of hydrogen-bond donors (Lipinski definition) is 0. The van der Waals surface area contributed by atoms with Crippen molar-refractivity contribution in [3.05, 3.63) is 35.9 Å². The van der Waals surface area contributed by atoms with Crippen LogP contribution in [-0.2, 0) is 11.1 Å². The minimum absolute atomic E-state index is 0.297. The highest BCUT2D eigenvalue weighted by Gasteiger charge is 2.53. The van der Waals surface area contributed by atoms with Gasteiger partial charge in [-0.2, -0.15) is 0 Å². The Kier molecular flexibility index (Phi) is 3.43. The van der Waals surface area contributed by atoms with Crippen LogP contribution in [0.4, 0.5) is 0 Å². The Morgan fingerprint density at radius 3 is 2.14 bits per heavy atom. The molecule has 0 radical (unpaired) electrons. The topological polar surface area (TPSA) is 17.1 Å². The average Bonchev–Trinajstić information content (AvgIpc) is 2.47. The summed E-state index contributed by atoms with van der Waals surface area (Å²) >= 11 is 0. The summed E-state index contributed by atoms with van der Waals surface area (Å²) in [6.45, 7) is 0. The molecule has 4 aliphatic carbocycles. The van der Waals surface area contributed by atoms with E-state index in [4.69, 9.17) is 0 Å². The van der Waals surface area contributed by atoms with Crippen molar-refractivity contribution >= 4 is 13.6 Å². The molecule has 1 aromatic rings. The quantitative estimate of drug-likeness (QED) is 0.592. The summed E-state index contributed by atoms with van der Waals surface area (Å²) in [6, 6.07) is 10.7. The van der Waals surface area contributed by atoms with Crippen LogP contribution in [0.2, 0.25) is 5.82 Å². The Balaban J connectivity index is 1.49. The van der Waals surface area contributed by atoms with Gasteiger partial charge in [0.15, 0.2) is 0 Å². The molecule has 4 aliphatic rings. The van der Waals surface area contributed by atoms with Crippen LogP contribution in [0.3, 0.4) is 0 Å². The van der Waals surface area contributed by atoms with E-state index in [1.54, 1.807) is 0 Å². The van der Waals surface area contributed by atoms with Crippen molar-refractivity contribution in [2.24, 2.45) is 23.2 Å². The zero-order valence-corrected chi connectivity index (χ0v) is 12.8. The van der Waals surface area contributed by atoms with E-state index in [1.165, 1.54) is 50.4 Å². The second kappa shape index (κ2) is 5.30. The van der Waals surface area contributed by atoms with Crippen molar-refractivity contribution in [3.8, 4) is 0 Å². The molecule has 21 heavy (non-hydrogen) atoms. The van der Waals surface area contributed by atoms with E-state index in [1.807, 2.05) is 0 Å². The molecule has 0 N–H and O–H groups in total. The molecule has 0 aromatic heterocycles. The summed E-state index contributed by atoms with van der Waals surface area (Å²) in [5.74, 6) is 3.12. The van der Waals surface area contributed by atoms with Crippen molar-refractivity contribution in [2.75, 3.05) is 0 Å². The first kappa shape index (κ1) is 13.6. The van der Waals surface area contributed by atoms with Crippen LogP contribution < -0.4 is 0 Å². The zero-order chi connectivity index (χ0) is 14.3. The lowest BCUT2D eigenvalue weighted by molar-refractivity contribution is -0.115. The minimum Gasteiger partial charge on any atom is -0.304 e. The van der Waals surface area contributed by atoms with Gasteiger partial charge in [0.25, 0.3) is 0 Å². The minimum atomic E-state index is 0.297. The van der Waals surface area contributed by atoms with Crippen molar-refractivity contribution in [2.45, 2.75) is 50.7 Å². The lowest BCUT2D eigenvalue weighted by Gasteiger charge is -2.59. The van der Waals surface area contributed by atoms with Gasteiger partial charge in [0.05, 0.1) is 0 Å². The van der Waals surface area contributed by atoms with E-state index in [0.717, 1.165) is 31.4 Å². The highest BCUT2D eigenvalue weighted by molar-refractivity contribution is 6.42. The molecule has 1 atom stereocenters. The van der Waals surface area contributed by atoms with Gasteiger partial charge in [-0.05, 0) is 67.5 Å². The van der Waals surface area contributed by atoms with E-state index in [0.29, 0.717) is 11.2 Å². The zero-order valence-electron chi connectivity index (χ0n) is 12.8. The molecule has 4 fully saturated rings. The van der Waals surface area contributed by atoms with E-state index >= 15 is 0 Å². The van der Waals surface area contributed by atoms with Crippen LogP contribution in [-0.4, -0.2) is 13.6 Å². The Morgan fingerprint density at radius 1 is 1.05 bits per heavy atom. The third-order valence-corrected chi connectivity index (χ3v) is 6.62. The Bertz CT molecular complexity index is 474. The molecule has 1 aromatic carbocycles. The fourth-order valence-corrected chi connectivity index (χ4v) is 6.12. The van der Waals surface area contributed by atoms with Crippen LogP contribution >= 0.6 is 0 Å². The smallest absolute Gasteiger partial charge is 0.138 e. The van der Waals surface area contributed by atoms with E-state index in [2.05, 4.69) is 30.3 Å². The maximum absolute atomic E-state index is 11.8. The molecule has 0 heterocycles. The fourth-order valence-electron chi connectivity index (χ4n) is 6.12. The highest BCUT2D eigenvalue weighted by Crippen LogP contribution is 2.63. The lowest BCUT2D eigenvalue weighted by Crippen LogP contribution is -2.49. The molecule has 0 spiro atoms. The van der Waals surface area contributed by atoms with E-state index in [9.17, 15) is 4.79 Å². The monoisotopic (exact) mass is 280 g/mol. The molecular weight excluding hydrogens is 255 g/mol. The molecule has 4 saturated carbocycles. The average molecular weight is 280 g/mol. The predicted octanol–water partition coefficient (Wildman–Crippen LogP) is 3.83. The first-order valence-corrected chi connectivity index (χ1v) is 8.77. The van der Waals surface area contributed by atoms with E-state index in [-0.39, 0.29) is 0 Å². The first-order valence-electron chi connectivity index (χ1n) is 8.77. The summed E-state index contributed by atoms with van der Waals surface area (Å²) < 4.78 is 0. The van der Waals surface area contributed by atoms with Crippen LogP contribution in [0.5, 0.6) is 0 Å². The molecule has 4 bridgehead atoms. The van der Waals surface area contributed by atoms with Crippen LogP contribution in [0.15, 0.2) is 30.3 Å². The summed E-state index contributed by atoms with van der Waals surface area (Å²) in [4.78, 5) is 11.8. The molecular formula is C19H25BO. The molecule has 2 heteroatoms. The van der Waals surface area contributed by atoms with Gasteiger partial charge in [-0.15, -0.1) is 0 Å². The van der Waals surface area contributed by atoms with Gasteiger partial charge in [0, 0.05) is 0 Å². The number of aldehydes is 1. The summed E-state index contributed by atoms with van der Waals surface area (Å²) in [7, 11) is 1.06. The fraction of sp³-hybridized carbons (Fsp3) is 0.632. The van der Waals surface area contributed by atoms with Gasteiger partial charge >= 0.3 is 0 Å². The van der Waals surface area contributed by atoms with Gasteiger partial charge in [-0.3, -0.25) is 0 Å². The largest absolute Gasteiger partial charge is 0.304 e. The van der Waals surface area contributed by atoms with Gasteiger partial charge in [0.1, 0.15) is 13.6 Å². The first-order chi connectivity index (χ1) is 10.3. The van der Waals surface area contributed by atoms with Gasteiger partial charge in [0.2, 0.25) is 0 Å². The summed E-state index contributed by atoms with van der Waals surface area (Å²) in [5.41, 5.74) is 1.76. The molecule has 5 rings (SSSR count). The Morgan fingerprint density at radius 2 is 1.62 bits per heavy atom. The van der Waals surface area contributed by atoms with E-state index < -0.39 is 0 Å². The third kappa shape index (κ3) is 2.47. The van der Waals surface area contributed by atoms with Gasteiger partial charge in [-0.25, -0.2) is 0 Å².